The third-order valence-electron chi connectivity index (χ3n) is 2.89. The Balaban J connectivity index is 2.03. The Hall–Kier alpha value is -2.21. The van der Waals surface area contributed by atoms with Crippen molar-refractivity contribution in [2.75, 3.05) is 5.73 Å². The highest BCUT2D eigenvalue weighted by Gasteiger charge is 2.29. The Morgan fingerprint density at radius 2 is 2.06 bits per heavy atom. The molecule has 86 valence electrons. The number of nitrogens with two attached hydrogens (primary N) is 2. The smallest absolute Gasteiger partial charge is 0.142 e. The van der Waals surface area contributed by atoms with Crippen LogP contribution in [0.2, 0.25) is 0 Å². The molecule has 0 saturated carbocycles. The SMILES string of the molecule is Nc1cn2c(n1)C=CC(N)(c1cncnc1)C2. The molecule has 3 heterocycles. The summed E-state index contributed by atoms with van der Waals surface area (Å²) < 4.78 is 1.93. The Morgan fingerprint density at radius 1 is 1.29 bits per heavy atom. The molecule has 0 fully saturated rings. The summed E-state index contributed by atoms with van der Waals surface area (Å²) in [6.45, 7) is 0.580. The largest absolute Gasteiger partial charge is 0.382 e. The minimum absolute atomic E-state index is 0.498. The lowest BCUT2D eigenvalue weighted by atomic mass is 9.91. The monoisotopic (exact) mass is 228 g/mol. The van der Waals surface area contributed by atoms with Gasteiger partial charge in [-0.2, -0.15) is 0 Å². The number of anilines is 1. The van der Waals surface area contributed by atoms with Crippen molar-refractivity contribution in [3.8, 4) is 0 Å². The molecule has 0 radical (unpaired) electrons. The van der Waals surface area contributed by atoms with Crippen molar-refractivity contribution in [1.82, 2.24) is 19.5 Å². The van der Waals surface area contributed by atoms with Crippen LogP contribution in [0, 0.1) is 0 Å². The maximum Gasteiger partial charge on any atom is 0.142 e. The van der Waals surface area contributed by atoms with Crippen molar-refractivity contribution in [3.63, 3.8) is 0 Å². The van der Waals surface area contributed by atoms with Gasteiger partial charge in [0.2, 0.25) is 0 Å². The molecule has 17 heavy (non-hydrogen) atoms. The molecule has 0 saturated heterocycles. The first-order valence-electron chi connectivity index (χ1n) is 5.24. The van der Waals surface area contributed by atoms with Crippen molar-refractivity contribution in [1.29, 1.82) is 0 Å². The van der Waals surface area contributed by atoms with Gasteiger partial charge < -0.3 is 16.0 Å². The summed E-state index contributed by atoms with van der Waals surface area (Å²) in [5.74, 6) is 1.32. The number of hydrogen-bond donors (Lipinski definition) is 2. The number of nitrogen functional groups attached to an aromatic ring is 1. The van der Waals surface area contributed by atoms with Crippen LogP contribution in [0.1, 0.15) is 11.4 Å². The predicted octanol–water partition coefficient (Wildman–Crippen LogP) is 0.136. The molecule has 2 aromatic heterocycles. The fraction of sp³-hybridized carbons (Fsp3) is 0.182. The molecule has 2 aromatic rings. The zero-order chi connectivity index (χ0) is 11.9. The molecule has 0 amide bonds. The van der Waals surface area contributed by atoms with E-state index in [-0.39, 0.29) is 0 Å². The van der Waals surface area contributed by atoms with E-state index in [1.54, 1.807) is 18.6 Å². The zero-order valence-corrected chi connectivity index (χ0v) is 9.11. The van der Waals surface area contributed by atoms with E-state index in [1.807, 2.05) is 16.7 Å². The highest BCUT2D eigenvalue weighted by molar-refractivity contribution is 5.51. The van der Waals surface area contributed by atoms with Gasteiger partial charge in [-0.25, -0.2) is 15.0 Å². The average molecular weight is 228 g/mol. The quantitative estimate of drug-likeness (QED) is 0.723. The maximum atomic E-state index is 6.35. The summed E-state index contributed by atoms with van der Waals surface area (Å²) in [7, 11) is 0. The van der Waals surface area contributed by atoms with E-state index in [2.05, 4.69) is 15.0 Å². The fourth-order valence-electron chi connectivity index (χ4n) is 2.00. The van der Waals surface area contributed by atoms with Crippen LogP contribution in [0.3, 0.4) is 0 Å². The van der Waals surface area contributed by atoms with E-state index in [9.17, 15) is 0 Å². The Labute approximate surface area is 98.0 Å². The van der Waals surface area contributed by atoms with E-state index in [4.69, 9.17) is 11.5 Å². The fourth-order valence-corrected chi connectivity index (χ4v) is 2.00. The number of fused-ring (bicyclic) bond motifs is 1. The summed E-state index contributed by atoms with van der Waals surface area (Å²) >= 11 is 0. The lowest BCUT2D eigenvalue weighted by Crippen LogP contribution is -2.41. The van der Waals surface area contributed by atoms with Crippen molar-refractivity contribution in [2.24, 2.45) is 5.73 Å². The van der Waals surface area contributed by atoms with Gasteiger partial charge in [0.25, 0.3) is 0 Å². The molecular weight excluding hydrogens is 216 g/mol. The van der Waals surface area contributed by atoms with Crippen molar-refractivity contribution < 1.29 is 0 Å². The molecule has 4 N–H and O–H groups in total. The van der Waals surface area contributed by atoms with Gasteiger partial charge in [-0.3, -0.25) is 0 Å². The number of rotatable bonds is 1. The normalized spacial score (nSPS) is 22.4. The van der Waals surface area contributed by atoms with Gasteiger partial charge in [0.05, 0.1) is 12.1 Å². The molecular formula is C11H12N6. The number of aromatic nitrogens is 4. The minimum atomic E-state index is -0.610. The van der Waals surface area contributed by atoms with Crippen LogP contribution in [-0.4, -0.2) is 19.5 Å². The third kappa shape index (κ3) is 1.58. The molecule has 1 atom stereocenters. The summed E-state index contributed by atoms with van der Waals surface area (Å²) in [5.41, 5.74) is 12.3. The Bertz CT molecular complexity index is 573. The van der Waals surface area contributed by atoms with E-state index in [1.165, 1.54) is 6.33 Å². The number of nitrogens with zero attached hydrogens (tertiary/aromatic N) is 4. The molecule has 3 rings (SSSR count). The van der Waals surface area contributed by atoms with E-state index >= 15 is 0 Å². The molecule has 0 spiro atoms. The minimum Gasteiger partial charge on any atom is -0.382 e. The summed E-state index contributed by atoms with van der Waals surface area (Å²) in [4.78, 5) is 12.2. The number of hydrogen-bond acceptors (Lipinski definition) is 5. The molecule has 0 aromatic carbocycles. The summed E-state index contributed by atoms with van der Waals surface area (Å²) in [5, 5.41) is 0. The third-order valence-corrected chi connectivity index (χ3v) is 2.89. The lowest BCUT2D eigenvalue weighted by molar-refractivity contribution is 0.449. The highest BCUT2D eigenvalue weighted by Crippen LogP contribution is 2.27. The standard InChI is InChI=1S/C11H12N6/c12-9-5-17-6-11(13,2-1-10(17)16-9)8-3-14-7-15-4-8/h1-5,7H,6,12-13H2. The molecule has 0 aliphatic carbocycles. The lowest BCUT2D eigenvalue weighted by Gasteiger charge is -2.29. The highest BCUT2D eigenvalue weighted by atomic mass is 15.1. The van der Waals surface area contributed by atoms with E-state index < -0.39 is 5.54 Å². The maximum absolute atomic E-state index is 6.35. The van der Waals surface area contributed by atoms with Crippen LogP contribution in [0.5, 0.6) is 0 Å². The van der Waals surface area contributed by atoms with E-state index in [0.29, 0.717) is 12.4 Å². The second-order valence-electron chi connectivity index (χ2n) is 4.15. The first-order chi connectivity index (χ1) is 8.17. The summed E-state index contributed by atoms with van der Waals surface area (Å²) in [6, 6.07) is 0. The van der Waals surface area contributed by atoms with Gasteiger partial charge in [0.15, 0.2) is 0 Å². The number of imidazole rings is 1. The van der Waals surface area contributed by atoms with Crippen LogP contribution in [0.15, 0.2) is 31.0 Å². The van der Waals surface area contributed by atoms with Crippen LogP contribution in [-0.2, 0) is 12.1 Å². The molecule has 6 nitrogen and oxygen atoms in total. The second kappa shape index (κ2) is 3.39. The molecule has 1 aliphatic rings. The van der Waals surface area contributed by atoms with Gasteiger partial charge in [-0.15, -0.1) is 0 Å². The Kier molecular flexibility index (Phi) is 1.99. The summed E-state index contributed by atoms with van der Waals surface area (Å²) in [6.07, 6.45) is 10.5. The molecule has 1 aliphatic heterocycles. The van der Waals surface area contributed by atoms with Gasteiger partial charge in [0, 0.05) is 24.2 Å². The van der Waals surface area contributed by atoms with Gasteiger partial charge in [0.1, 0.15) is 18.0 Å². The van der Waals surface area contributed by atoms with Crippen molar-refractivity contribution >= 4 is 11.9 Å². The van der Waals surface area contributed by atoms with Crippen LogP contribution < -0.4 is 11.5 Å². The first kappa shape index (κ1) is 9.98. The van der Waals surface area contributed by atoms with Gasteiger partial charge >= 0.3 is 0 Å². The predicted molar refractivity (Wildman–Crippen MR) is 63.6 cm³/mol. The molecule has 6 heteroatoms. The van der Waals surface area contributed by atoms with Gasteiger partial charge in [-0.1, -0.05) is 6.08 Å². The second-order valence-corrected chi connectivity index (χ2v) is 4.15. The topological polar surface area (TPSA) is 95.6 Å². The first-order valence-corrected chi connectivity index (χ1v) is 5.24. The van der Waals surface area contributed by atoms with Crippen LogP contribution in [0.4, 0.5) is 5.82 Å². The van der Waals surface area contributed by atoms with Crippen molar-refractivity contribution in [2.45, 2.75) is 12.1 Å². The van der Waals surface area contributed by atoms with E-state index in [0.717, 1.165) is 11.4 Å². The Morgan fingerprint density at radius 3 is 2.82 bits per heavy atom. The molecule has 1 unspecified atom stereocenters. The molecule has 0 bridgehead atoms. The van der Waals surface area contributed by atoms with Crippen LogP contribution in [0.25, 0.3) is 6.08 Å². The van der Waals surface area contributed by atoms with Crippen LogP contribution >= 0.6 is 0 Å². The van der Waals surface area contributed by atoms with Gasteiger partial charge in [-0.05, 0) is 6.08 Å². The zero-order valence-electron chi connectivity index (χ0n) is 9.11. The average Bonchev–Trinajstić information content (AvgIpc) is 2.69. The van der Waals surface area contributed by atoms with Crippen molar-refractivity contribution in [3.05, 3.63) is 42.4 Å².